The van der Waals surface area contributed by atoms with Crippen LogP contribution in [0.5, 0.6) is 0 Å². The molecule has 6 heteroatoms. The Hall–Kier alpha value is -1.69. The van der Waals surface area contributed by atoms with Gasteiger partial charge in [-0.15, -0.1) is 0 Å². The monoisotopic (exact) mass is 279 g/mol. The maximum absolute atomic E-state index is 12.4. The molecule has 0 aromatic carbocycles. The van der Waals surface area contributed by atoms with Crippen LogP contribution in [0.4, 0.5) is 0 Å². The van der Waals surface area contributed by atoms with E-state index >= 15 is 0 Å². The van der Waals surface area contributed by atoms with Crippen molar-refractivity contribution in [1.29, 1.82) is 0 Å². The molecule has 0 spiro atoms. The van der Waals surface area contributed by atoms with Gasteiger partial charge in [-0.3, -0.25) is 9.59 Å². The van der Waals surface area contributed by atoms with Crippen molar-refractivity contribution in [3.63, 3.8) is 0 Å². The molecule has 6 nitrogen and oxygen atoms in total. The van der Waals surface area contributed by atoms with Crippen molar-refractivity contribution in [3.05, 3.63) is 27.2 Å². The molecule has 0 aliphatic heterocycles. The first-order chi connectivity index (χ1) is 9.40. The van der Waals surface area contributed by atoms with Crippen molar-refractivity contribution >= 4 is 5.91 Å². The van der Waals surface area contributed by atoms with Crippen molar-refractivity contribution in [2.45, 2.75) is 45.1 Å². The predicted molar refractivity (Wildman–Crippen MR) is 74.7 cm³/mol. The van der Waals surface area contributed by atoms with E-state index in [1.807, 2.05) is 0 Å². The van der Waals surface area contributed by atoms with Gasteiger partial charge in [-0.2, -0.15) is 5.10 Å². The van der Waals surface area contributed by atoms with Gasteiger partial charge in [-0.1, -0.05) is 12.8 Å². The number of carbonyl (C=O) groups is 1. The summed E-state index contributed by atoms with van der Waals surface area (Å²) in [5.74, 6) is -0.412. The van der Waals surface area contributed by atoms with Gasteiger partial charge in [0.1, 0.15) is 5.56 Å². The fourth-order valence-corrected chi connectivity index (χ4v) is 2.79. The first-order valence-electron chi connectivity index (χ1n) is 6.88. The summed E-state index contributed by atoms with van der Waals surface area (Å²) in [5.41, 5.74) is 0.390. The van der Waals surface area contributed by atoms with Crippen LogP contribution in [0.3, 0.4) is 0 Å². The third-order valence-corrected chi connectivity index (χ3v) is 4.19. The van der Waals surface area contributed by atoms with Crippen LogP contribution in [0, 0.1) is 13.8 Å². The van der Waals surface area contributed by atoms with Crippen LogP contribution in [0.25, 0.3) is 0 Å². The van der Waals surface area contributed by atoms with Crippen molar-refractivity contribution in [3.8, 4) is 0 Å². The largest absolute Gasteiger partial charge is 0.394 e. The Morgan fingerprint density at radius 2 is 2.00 bits per heavy atom. The van der Waals surface area contributed by atoms with Gasteiger partial charge in [0.15, 0.2) is 0 Å². The summed E-state index contributed by atoms with van der Waals surface area (Å²) in [5, 5.41) is 16.5. The molecule has 110 valence electrons. The highest BCUT2D eigenvalue weighted by atomic mass is 16.3. The average Bonchev–Trinajstić information content (AvgIpc) is 2.86. The predicted octanol–water partition coefficient (Wildman–Crippen LogP) is 0.432. The summed E-state index contributed by atoms with van der Waals surface area (Å²) in [7, 11) is 1.53. The minimum absolute atomic E-state index is 0.0951. The molecule has 0 saturated heterocycles. The second kappa shape index (κ2) is 5.36. The van der Waals surface area contributed by atoms with E-state index in [1.54, 1.807) is 13.8 Å². The van der Waals surface area contributed by atoms with Crippen molar-refractivity contribution < 1.29 is 9.90 Å². The maximum Gasteiger partial charge on any atom is 0.279 e. The van der Waals surface area contributed by atoms with Gasteiger partial charge in [0.2, 0.25) is 0 Å². The number of aryl methyl sites for hydroxylation is 2. The van der Waals surface area contributed by atoms with E-state index in [1.165, 1.54) is 11.7 Å². The number of carbonyl (C=O) groups excluding carboxylic acids is 1. The molecule has 0 atom stereocenters. The highest BCUT2D eigenvalue weighted by Gasteiger charge is 2.35. The second-order valence-corrected chi connectivity index (χ2v) is 5.61. The quantitative estimate of drug-likeness (QED) is 0.840. The zero-order valence-corrected chi connectivity index (χ0v) is 12.2. The number of amides is 1. The summed E-state index contributed by atoms with van der Waals surface area (Å²) >= 11 is 0. The van der Waals surface area contributed by atoms with Crippen molar-refractivity contribution in [1.82, 2.24) is 15.1 Å². The zero-order chi connectivity index (χ0) is 14.9. The number of nitrogens with zero attached hydrogens (tertiary/aromatic N) is 2. The minimum Gasteiger partial charge on any atom is -0.394 e. The van der Waals surface area contributed by atoms with E-state index in [-0.39, 0.29) is 12.2 Å². The molecule has 0 bridgehead atoms. The average molecular weight is 279 g/mol. The van der Waals surface area contributed by atoms with E-state index in [0.717, 1.165) is 25.7 Å². The molecule has 2 N–H and O–H groups in total. The standard InChI is InChI=1S/C14H21N3O3/c1-9-10(2)16-17(3)13(20)11(9)12(19)15-14(8-18)6-4-5-7-14/h18H,4-8H2,1-3H3,(H,15,19). The van der Waals surface area contributed by atoms with E-state index in [9.17, 15) is 14.7 Å². The molecule has 0 radical (unpaired) electrons. The van der Waals surface area contributed by atoms with Gasteiger partial charge < -0.3 is 10.4 Å². The van der Waals surface area contributed by atoms with E-state index in [2.05, 4.69) is 10.4 Å². The van der Waals surface area contributed by atoms with Gasteiger partial charge in [0.05, 0.1) is 17.8 Å². The maximum atomic E-state index is 12.4. The molecule has 1 saturated carbocycles. The molecular weight excluding hydrogens is 258 g/mol. The summed E-state index contributed by atoms with van der Waals surface area (Å²) in [6.45, 7) is 3.39. The Labute approximate surface area is 117 Å². The van der Waals surface area contributed by atoms with Gasteiger partial charge in [0, 0.05) is 7.05 Å². The summed E-state index contributed by atoms with van der Waals surface area (Å²) in [6.07, 6.45) is 3.46. The molecular formula is C14H21N3O3. The zero-order valence-electron chi connectivity index (χ0n) is 12.2. The highest BCUT2D eigenvalue weighted by molar-refractivity contribution is 5.95. The number of hydrogen-bond acceptors (Lipinski definition) is 4. The molecule has 1 aliphatic rings. The van der Waals surface area contributed by atoms with Crippen molar-refractivity contribution in [2.75, 3.05) is 6.61 Å². The van der Waals surface area contributed by atoms with Gasteiger partial charge in [-0.25, -0.2) is 4.68 Å². The van der Waals surface area contributed by atoms with E-state index in [0.29, 0.717) is 11.3 Å². The lowest BCUT2D eigenvalue weighted by Gasteiger charge is -2.28. The SMILES string of the molecule is Cc1nn(C)c(=O)c(C(=O)NC2(CO)CCCC2)c1C. The van der Waals surface area contributed by atoms with Gasteiger partial charge >= 0.3 is 0 Å². The molecule has 1 aromatic heterocycles. The minimum atomic E-state index is -0.578. The van der Waals surface area contributed by atoms with E-state index in [4.69, 9.17) is 0 Å². The smallest absolute Gasteiger partial charge is 0.279 e. The fourth-order valence-electron chi connectivity index (χ4n) is 2.79. The lowest BCUT2D eigenvalue weighted by Crippen LogP contribution is -2.51. The first kappa shape index (κ1) is 14.7. The number of rotatable bonds is 3. The Morgan fingerprint density at radius 1 is 1.40 bits per heavy atom. The first-order valence-corrected chi connectivity index (χ1v) is 6.88. The molecule has 2 rings (SSSR count). The second-order valence-electron chi connectivity index (χ2n) is 5.61. The fraction of sp³-hybridized carbons (Fsp3) is 0.643. The van der Waals surface area contributed by atoms with E-state index < -0.39 is 17.0 Å². The molecule has 0 unspecified atom stereocenters. The number of aliphatic hydroxyl groups is 1. The molecule has 1 fully saturated rings. The number of nitrogens with one attached hydrogen (secondary N) is 1. The topological polar surface area (TPSA) is 84.2 Å². The summed E-state index contributed by atoms with van der Waals surface area (Å²) in [6, 6.07) is 0. The highest BCUT2D eigenvalue weighted by Crippen LogP contribution is 2.29. The Bertz CT molecular complexity index is 586. The number of hydrogen-bond donors (Lipinski definition) is 2. The molecule has 1 aromatic rings. The molecule has 1 amide bonds. The van der Waals surface area contributed by atoms with Crippen LogP contribution in [-0.2, 0) is 7.05 Å². The third kappa shape index (κ3) is 2.47. The van der Waals surface area contributed by atoms with Crippen LogP contribution < -0.4 is 10.9 Å². The summed E-state index contributed by atoms with van der Waals surface area (Å²) in [4.78, 5) is 24.6. The Morgan fingerprint density at radius 3 is 2.55 bits per heavy atom. The van der Waals surface area contributed by atoms with Crippen LogP contribution in [-0.4, -0.2) is 32.9 Å². The molecule has 1 heterocycles. The Balaban J connectivity index is 2.37. The van der Waals surface area contributed by atoms with Gasteiger partial charge in [-0.05, 0) is 32.3 Å². The third-order valence-electron chi connectivity index (χ3n) is 4.19. The molecule has 20 heavy (non-hydrogen) atoms. The number of aromatic nitrogens is 2. The lowest BCUT2D eigenvalue weighted by atomic mass is 9.97. The van der Waals surface area contributed by atoms with Crippen LogP contribution in [0.1, 0.15) is 47.3 Å². The normalized spacial score (nSPS) is 17.2. The Kier molecular flexibility index (Phi) is 3.94. The van der Waals surface area contributed by atoms with Crippen molar-refractivity contribution in [2.24, 2.45) is 7.05 Å². The van der Waals surface area contributed by atoms with Crippen LogP contribution >= 0.6 is 0 Å². The number of aliphatic hydroxyl groups excluding tert-OH is 1. The molecule has 1 aliphatic carbocycles. The lowest BCUT2D eigenvalue weighted by molar-refractivity contribution is 0.0835. The van der Waals surface area contributed by atoms with Gasteiger partial charge in [0.25, 0.3) is 11.5 Å². The van der Waals surface area contributed by atoms with Crippen LogP contribution in [0.15, 0.2) is 4.79 Å². The summed E-state index contributed by atoms with van der Waals surface area (Å²) < 4.78 is 1.18. The van der Waals surface area contributed by atoms with Crippen LogP contribution in [0.2, 0.25) is 0 Å².